The summed E-state index contributed by atoms with van der Waals surface area (Å²) < 4.78 is 0. The third-order valence-corrected chi connectivity index (χ3v) is 3.36. The van der Waals surface area contributed by atoms with E-state index in [-0.39, 0.29) is 5.56 Å². The van der Waals surface area contributed by atoms with E-state index in [1.54, 1.807) is 30.3 Å². The number of aryl methyl sites for hydroxylation is 1. The normalized spacial score (nSPS) is 12.1. The molecule has 0 spiro atoms. The van der Waals surface area contributed by atoms with Gasteiger partial charge in [-0.1, -0.05) is 23.7 Å². The van der Waals surface area contributed by atoms with Gasteiger partial charge in [-0.2, -0.15) is 0 Å². The van der Waals surface area contributed by atoms with Crippen molar-refractivity contribution < 1.29 is 9.90 Å². The number of hydrogen-bond donors (Lipinski definition) is 2. The number of aromatic amines is 1. The molecule has 0 fully saturated rings. The number of pyridine rings is 1. The third kappa shape index (κ3) is 3.35. The topological polar surface area (TPSA) is 70.2 Å². The first-order chi connectivity index (χ1) is 9.61. The number of aliphatic hydroxyl groups excluding tert-OH is 1. The number of nitrogens with one attached hydrogen (secondary N) is 1. The fourth-order valence-electron chi connectivity index (χ4n) is 2.05. The molecule has 0 aliphatic rings. The van der Waals surface area contributed by atoms with Crippen molar-refractivity contribution in [2.24, 2.45) is 0 Å². The Bertz CT molecular complexity index is 666. The van der Waals surface area contributed by atoms with Crippen molar-refractivity contribution in [3.05, 3.63) is 68.6 Å². The first-order valence-corrected chi connectivity index (χ1v) is 6.59. The lowest BCUT2D eigenvalue weighted by atomic mass is 9.99. The summed E-state index contributed by atoms with van der Waals surface area (Å²) in [6.07, 6.45) is 2.19. The molecule has 0 bridgehead atoms. The summed E-state index contributed by atoms with van der Waals surface area (Å²) in [5.74, 6) is 0. The average Bonchev–Trinajstić information content (AvgIpc) is 2.44. The SMILES string of the molecule is O=Cc1c(CC[C@@H](O)c2cccc(Cl)c2)cc[nH]c1=O. The Morgan fingerprint density at radius 1 is 1.35 bits per heavy atom. The summed E-state index contributed by atoms with van der Waals surface area (Å²) in [6, 6.07) is 8.67. The molecule has 0 aliphatic heterocycles. The van der Waals surface area contributed by atoms with Crippen molar-refractivity contribution in [1.29, 1.82) is 0 Å². The molecule has 1 atom stereocenters. The number of aldehydes is 1. The van der Waals surface area contributed by atoms with Gasteiger partial charge in [-0.3, -0.25) is 9.59 Å². The number of H-pyrrole nitrogens is 1. The smallest absolute Gasteiger partial charge is 0.258 e. The van der Waals surface area contributed by atoms with Gasteiger partial charge in [0.25, 0.3) is 5.56 Å². The summed E-state index contributed by atoms with van der Waals surface area (Å²) in [4.78, 5) is 24.8. The molecule has 0 unspecified atom stereocenters. The van der Waals surface area contributed by atoms with Crippen molar-refractivity contribution in [3.8, 4) is 0 Å². The van der Waals surface area contributed by atoms with Gasteiger partial charge in [-0.15, -0.1) is 0 Å². The van der Waals surface area contributed by atoms with E-state index < -0.39 is 11.7 Å². The fraction of sp³-hybridized carbons (Fsp3) is 0.200. The number of hydrogen-bond acceptors (Lipinski definition) is 3. The minimum atomic E-state index is -0.688. The van der Waals surface area contributed by atoms with E-state index in [4.69, 9.17) is 11.6 Å². The van der Waals surface area contributed by atoms with Crippen molar-refractivity contribution >= 4 is 17.9 Å². The number of halogens is 1. The van der Waals surface area contributed by atoms with Crippen LogP contribution in [0.4, 0.5) is 0 Å². The Balaban J connectivity index is 2.11. The summed E-state index contributed by atoms with van der Waals surface area (Å²) >= 11 is 5.87. The number of rotatable bonds is 5. The molecule has 104 valence electrons. The largest absolute Gasteiger partial charge is 0.388 e. The number of aliphatic hydroxyl groups is 1. The van der Waals surface area contributed by atoms with Crippen LogP contribution in [0.15, 0.2) is 41.3 Å². The Morgan fingerprint density at radius 2 is 2.15 bits per heavy atom. The lowest BCUT2D eigenvalue weighted by Gasteiger charge is -2.11. The van der Waals surface area contributed by atoms with Crippen molar-refractivity contribution in [1.82, 2.24) is 4.98 Å². The molecule has 2 N–H and O–H groups in total. The molecular weight excluding hydrogens is 278 g/mol. The molecule has 0 saturated heterocycles. The number of benzene rings is 1. The fourth-order valence-corrected chi connectivity index (χ4v) is 2.25. The number of carbonyl (C=O) groups is 1. The lowest BCUT2D eigenvalue weighted by molar-refractivity contribution is 0.112. The van der Waals surface area contributed by atoms with E-state index in [1.165, 1.54) is 6.20 Å². The molecule has 2 rings (SSSR count). The van der Waals surface area contributed by atoms with E-state index in [1.807, 2.05) is 0 Å². The number of carbonyl (C=O) groups excluding carboxylic acids is 1. The van der Waals surface area contributed by atoms with Crippen LogP contribution in [0.2, 0.25) is 5.02 Å². The maximum absolute atomic E-state index is 11.5. The Morgan fingerprint density at radius 3 is 2.85 bits per heavy atom. The third-order valence-electron chi connectivity index (χ3n) is 3.13. The zero-order valence-corrected chi connectivity index (χ0v) is 11.4. The van der Waals surface area contributed by atoms with Gasteiger partial charge in [0.15, 0.2) is 6.29 Å². The van der Waals surface area contributed by atoms with Crippen molar-refractivity contribution in [3.63, 3.8) is 0 Å². The maximum atomic E-state index is 11.5. The van der Waals surface area contributed by atoms with Gasteiger partial charge in [0.05, 0.1) is 11.7 Å². The highest BCUT2D eigenvalue weighted by atomic mass is 35.5. The number of aromatic nitrogens is 1. The standard InChI is InChI=1S/C15H14ClNO3/c16-12-3-1-2-11(8-12)14(19)5-4-10-6-7-17-15(20)13(10)9-18/h1-3,6-9,14,19H,4-5H2,(H,17,20)/t14-/m1/s1. The summed E-state index contributed by atoms with van der Waals surface area (Å²) in [7, 11) is 0. The monoisotopic (exact) mass is 291 g/mol. The summed E-state index contributed by atoms with van der Waals surface area (Å²) in [5, 5.41) is 10.7. The first kappa shape index (κ1) is 14.5. The zero-order chi connectivity index (χ0) is 14.5. The van der Waals surface area contributed by atoms with Gasteiger partial charge < -0.3 is 10.1 Å². The van der Waals surface area contributed by atoms with E-state index in [2.05, 4.69) is 4.98 Å². The molecule has 0 amide bonds. The van der Waals surface area contributed by atoms with Crippen molar-refractivity contribution in [2.45, 2.75) is 18.9 Å². The molecule has 0 saturated carbocycles. The summed E-state index contributed by atoms with van der Waals surface area (Å²) in [6.45, 7) is 0. The van der Waals surface area contributed by atoms with Crippen molar-refractivity contribution in [2.75, 3.05) is 0 Å². The quantitative estimate of drug-likeness (QED) is 0.832. The van der Waals surface area contributed by atoms with Gasteiger partial charge in [0, 0.05) is 11.2 Å². The highest BCUT2D eigenvalue weighted by Crippen LogP contribution is 2.22. The molecule has 5 heteroatoms. The van der Waals surface area contributed by atoms with E-state index in [0.717, 1.165) is 5.56 Å². The predicted molar refractivity (Wildman–Crippen MR) is 77.2 cm³/mol. The van der Waals surface area contributed by atoms with Crippen LogP contribution < -0.4 is 5.56 Å². The molecule has 0 aliphatic carbocycles. The molecule has 1 aromatic heterocycles. The Hall–Kier alpha value is -1.91. The lowest BCUT2D eigenvalue weighted by Crippen LogP contribution is -2.14. The second-order valence-electron chi connectivity index (χ2n) is 4.47. The highest BCUT2D eigenvalue weighted by molar-refractivity contribution is 6.30. The van der Waals surface area contributed by atoms with Gasteiger partial charge in [-0.05, 0) is 42.2 Å². The van der Waals surface area contributed by atoms with Crippen LogP contribution in [0.25, 0.3) is 0 Å². The van der Waals surface area contributed by atoms with E-state index in [9.17, 15) is 14.7 Å². The van der Waals surface area contributed by atoms with Gasteiger partial charge in [0.1, 0.15) is 0 Å². The first-order valence-electron chi connectivity index (χ1n) is 6.21. The Labute approximate surface area is 121 Å². The van der Waals surface area contributed by atoms with Crippen LogP contribution in [0, 0.1) is 0 Å². The molecule has 20 heavy (non-hydrogen) atoms. The minimum absolute atomic E-state index is 0.116. The van der Waals surface area contributed by atoms with Gasteiger partial charge in [-0.25, -0.2) is 0 Å². The van der Waals surface area contributed by atoms with Gasteiger partial charge >= 0.3 is 0 Å². The van der Waals surface area contributed by atoms with E-state index in [0.29, 0.717) is 29.7 Å². The van der Waals surface area contributed by atoms with Crippen LogP contribution >= 0.6 is 11.6 Å². The average molecular weight is 292 g/mol. The van der Waals surface area contributed by atoms with Crippen LogP contribution in [0.1, 0.15) is 34.0 Å². The zero-order valence-electron chi connectivity index (χ0n) is 10.7. The van der Waals surface area contributed by atoms with Gasteiger partial charge in [0.2, 0.25) is 0 Å². The maximum Gasteiger partial charge on any atom is 0.258 e. The van der Waals surface area contributed by atoms with Crippen LogP contribution in [0.3, 0.4) is 0 Å². The second-order valence-corrected chi connectivity index (χ2v) is 4.91. The van der Waals surface area contributed by atoms with E-state index >= 15 is 0 Å². The molecule has 0 radical (unpaired) electrons. The molecule has 4 nitrogen and oxygen atoms in total. The summed E-state index contributed by atoms with van der Waals surface area (Å²) in [5.41, 5.74) is 1.06. The highest BCUT2D eigenvalue weighted by Gasteiger charge is 2.11. The second kappa shape index (κ2) is 6.50. The van der Waals surface area contributed by atoms with Crippen LogP contribution in [0.5, 0.6) is 0 Å². The molecule has 1 aromatic carbocycles. The Kier molecular flexibility index (Phi) is 4.71. The molecular formula is C15H14ClNO3. The minimum Gasteiger partial charge on any atom is -0.388 e. The predicted octanol–water partition coefficient (Wildman–Crippen LogP) is 2.51. The molecule has 2 aromatic rings. The molecule has 1 heterocycles. The van der Waals surface area contributed by atoms with Crippen LogP contribution in [-0.2, 0) is 6.42 Å². The van der Waals surface area contributed by atoms with Crippen LogP contribution in [-0.4, -0.2) is 16.4 Å².